The Balaban J connectivity index is 1.46. The van der Waals surface area contributed by atoms with Gasteiger partial charge in [0.1, 0.15) is 0 Å². The number of benzene rings is 2. The molecule has 0 bridgehead atoms. The van der Waals surface area contributed by atoms with Crippen LogP contribution in [0.15, 0.2) is 36.4 Å². The number of piperidine rings is 1. The van der Waals surface area contributed by atoms with Gasteiger partial charge in [-0.25, -0.2) is 0 Å². The minimum atomic E-state index is -0.621. The van der Waals surface area contributed by atoms with Crippen LogP contribution < -0.4 is 15.5 Å². The molecule has 2 aromatic rings. The molecule has 6 heteroatoms. The van der Waals surface area contributed by atoms with E-state index in [9.17, 15) is 9.59 Å². The number of carbonyl (C=O) groups excluding carboxylic acids is 2. The van der Waals surface area contributed by atoms with Crippen LogP contribution >= 0.6 is 0 Å². The van der Waals surface area contributed by atoms with E-state index in [-0.39, 0.29) is 6.04 Å². The molecular formula is C27H36N4O2. The van der Waals surface area contributed by atoms with Gasteiger partial charge in [-0.05, 0) is 93.1 Å². The van der Waals surface area contributed by atoms with Crippen molar-refractivity contribution >= 4 is 23.2 Å². The molecular weight excluding hydrogens is 412 g/mol. The number of nitrogens with one attached hydrogen (secondary N) is 2. The van der Waals surface area contributed by atoms with Gasteiger partial charge in [0.25, 0.3) is 0 Å². The van der Waals surface area contributed by atoms with Crippen LogP contribution in [0.1, 0.15) is 54.0 Å². The van der Waals surface area contributed by atoms with Crippen LogP contribution in [0, 0.1) is 13.8 Å². The summed E-state index contributed by atoms with van der Waals surface area (Å²) in [5.41, 5.74) is 6.66. The number of hydrogen-bond acceptors (Lipinski definition) is 4. The molecule has 2 amide bonds. The summed E-state index contributed by atoms with van der Waals surface area (Å²) in [6, 6.07) is 12.6. The Hall–Kier alpha value is -2.86. The van der Waals surface area contributed by atoms with Crippen LogP contribution in [0.4, 0.5) is 11.4 Å². The third-order valence-electron chi connectivity index (χ3n) is 6.81. The van der Waals surface area contributed by atoms with Crippen LogP contribution in [-0.4, -0.2) is 49.9 Å². The van der Waals surface area contributed by atoms with Gasteiger partial charge in [-0.3, -0.25) is 14.5 Å². The van der Waals surface area contributed by atoms with Crippen LogP contribution in [0.5, 0.6) is 0 Å². The molecule has 1 saturated heterocycles. The second kappa shape index (κ2) is 10.4. The second-order valence-corrected chi connectivity index (χ2v) is 9.57. The predicted octanol–water partition coefficient (Wildman–Crippen LogP) is 3.97. The fourth-order valence-electron chi connectivity index (χ4n) is 5.20. The Morgan fingerprint density at radius 1 is 0.909 bits per heavy atom. The second-order valence-electron chi connectivity index (χ2n) is 9.57. The summed E-state index contributed by atoms with van der Waals surface area (Å²) in [4.78, 5) is 30.0. The number of amides is 2. The number of aryl methyl sites for hydroxylation is 3. The summed E-state index contributed by atoms with van der Waals surface area (Å²) in [5.74, 6) is -1.21. The van der Waals surface area contributed by atoms with Crippen molar-refractivity contribution in [2.45, 2.75) is 52.0 Å². The number of carbonyl (C=O) groups is 2. The number of likely N-dealkylation sites (tertiary alicyclic amines) is 1. The van der Waals surface area contributed by atoms with Gasteiger partial charge in [-0.15, -0.1) is 0 Å². The third-order valence-corrected chi connectivity index (χ3v) is 6.81. The first kappa shape index (κ1) is 23.3. The monoisotopic (exact) mass is 448 g/mol. The van der Waals surface area contributed by atoms with E-state index in [0.29, 0.717) is 12.2 Å². The van der Waals surface area contributed by atoms with E-state index in [0.717, 1.165) is 43.6 Å². The molecule has 0 aromatic heterocycles. The average molecular weight is 449 g/mol. The Morgan fingerprint density at radius 3 is 2.36 bits per heavy atom. The molecule has 0 saturated carbocycles. The van der Waals surface area contributed by atoms with E-state index in [1.807, 2.05) is 32.0 Å². The highest BCUT2D eigenvalue weighted by Crippen LogP contribution is 2.31. The number of hydrogen-bond donors (Lipinski definition) is 2. The van der Waals surface area contributed by atoms with E-state index in [2.05, 4.69) is 45.7 Å². The first-order valence-corrected chi connectivity index (χ1v) is 12.2. The molecule has 0 spiro atoms. The van der Waals surface area contributed by atoms with Crippen molar-refractivity contribution in [3.63, 3.8) is 0 Å². The molecule has 33 heavy (non-hydrogen) atoms. The lowest BCUT2D eigenvalue weighted by atomic mass is 9.95. The molecule has 1 unspecified atom stereocenters. The standard InChI is InChI=1S/C27H36N4O2/c1-19-14-20(2)16-23(15-19)29-27(33)26(32)28-18-25(31-12-5-4-6-13-31)22-9-10-24-21(17-22)8-7-11-30(24)3/h9-10,14-17,25H,4-8,11-13,18H2,1-3H3,(H,28,32)(H,29,33). The van der Waals surface area contributed by atoms with Crippen molar-refractivity contribution in [2.24, 2.45) is 0 Å². The van der Waals surface area contributed by atoms with Crippen molar-refractivity contribution in [2.75, 3.05) is 43.4 Å². The fraction of sp³-hybridized carbons (Fsp3) is 0.481. The number of rotatable bonds is 5. The lowest BCUT2D eigenvalue weighted by Gasteiger charge is -2.36. The van der Waals surface area contributed by atoms with Gasteiger partial charge in [0, 0.05) is 31.5 Å². The summed E-state index contributed by atoms with van der Waals surface area (Å²) in [6.45, 7) is 7.50. The van der Waals surface area contributed by atoms with Gasteiger partial charge in [0.05, 0.1) is 6.04 Å². The summed E-state index contributed by atoms with van der Waals surface area (Å²) in [6.07, 6.45) is 5.85. The van der Waals surface area contributed by atoms with Crippen molar-refractivity contribution in [1.29, 1.82) is 0 Å². The minimum Gasteiger partial charge on any atom is -0.374 e. The van der Waals surface area contributed by atoms with E-state index in [4.69, 9.17) is 0 Å². The molecule has 2 aliphatic heterocycles. The first-order valence-electron chi connectivity index (χ1n) is 12.2. The van der Waals surface area contributed by atoms with Crippen LogP contribution in [-0.2, 0) is 16.0 Å². The maximum atomic E-state index is 12.7. The zero-order valence-electron chi connectivity index (χ0n) is 20.1. The minimum absolute atomic E-state index is 0.0702. The molecule has 4 rings (SSSR count). The molecule has 1 fully saturated rings. The number of nitrogens with zero attached hydrogens (tertiary/aromatic N) is 2. The van der Waals surface area contributed by atoms with E-state index in [1.54, 1.807) is 0 Å². The number of fused-ring (bicyclic) bond motifs is 1. The summed E-state index contributed by atoms with van der Waals surface area (Å²) in [5, 5.41) is 5.66. The maximum absolute atomic E-state index is 12.7. The summed E-state index contributed by atoms with van der Waals surface area (Å²) < 4.78 is 0. The molecule has 6 nitrogen and oxygen atoms in total. The summed E-state index contributed by atoms with van der Waals surface area (Å²) >= 11 is 0. The molecule has 2 N–H and O–H groups in total. The van der Waals surface area contributed by atoms with Crippen molar-refractivity contribution in [1.82, 2.24) is 10.2 Å². The zero-order chi connectivity index (χ0) is 23.4. The van der Waals surface area contributed by atoms with E-state index < -0.39 is 11.8 Å². The lowest BCUT2D eigenvalue weighted by Crippen LogP contribution is -2.43. The zero-order valence-corrected chi connectivity index (χ0v) is 20.1. The van der Waals surface area contributed by atoms with Gasteiger partial charge in [-0.2, -0.15) is 0 Å². The Labute approximate surface area is 197 Å². The average Bonchev–Trinajstić information content (AvgIpc) is 2.79. The quantitative estimate of drug-likeness (QED) is 0.680. The molecule has 0 radical (unpaired) electrons. The Bertz CT molecular complexity index is 993. The van der Waals surface area contributed by atoms with Gasteiger partial charge >= 0.3 is 11.8 Å². The lowest BCUT2D eigenvalue weighted by molar-refractivity contribution is -0.136. The maximum Gasteiger partial charge on any atom is 0.313 e. The molecule has 0 aliphatic carbocycles. The van der Waals surface area contributed by atoms with Crippen molar-refractivity contribution in [3.05, 3.63) is 58.7 Å². The van der Waals surface area contributed by atoms with E-state index >= 15 is 0 Å². The molecule has 1 atom stereocenters. The largest absolute Gasteiger partial charge is 0.374 e. The first-order chi connectivity index (χ1) is 15.9. The van der Waals surface area contributed by atoms with Crippen LogP contribution in [0.2, 0.25) is 0 Å². The van der Waals surface area contributed by atoms with Crippen LogP contribution in [0.3, 0.4) is 0 Å². The van der Waals surface area contributed by atoms with Gasteiger partial charge < -0.3 is 15.5 Å². The highest BCUT2D eigenvalue weighted by atomic mass is 16.2. The molecule has 2 heterocycles. The topological polar surface area (TPSA) is 64.7 Å². The van der Waals surface area contributed by atoms with Crippen molar-refractivity contribution < 1.29 is 9.59 Å². The Kier molecular flexibility index (Phi) is 7.33. The van der Waals surface area contributed by atoms with Gasteiger partial charge in [0.15, 0.2) is 0 Å². The molecule has 176 valence electrons. The SMILES string of the molecule is Cc1cc(C)cc(NC(=O)C(=O)NCC(c2ccc3c(c2)CCCN3C)N2CCCCC2)c1. The van der Waals surface area contributed by atoms with Gasteiger partial charge in [-0.1, -0.05) is 24.6 Å². The van der Waals surface area contributed by atoms with E-state index in [1.165, 1.54) is 36.1 Å². The normalized spacial score (nSPS) is 17.2. The third kappa shape index (κ3) is 5.74. The van der Waals surface area contributed by atoms with Gasteiger partial charge in [0.2, 0.25) is 0 Å². The molecule has 2 aliphatic rings. The van der Waals surface area contributed by atoms with Crippen LogP contribution in [0.25, 0.3) is 0 Å². The fourth-order valence-corrected chi connectivity index (χ4v) is 5.20. The highest BCUT2D eigenvalue weighted by molar-refractivity contribution is 6.39. The summed E-state index contributed by atoms with van der Waals surface area (Å²) in [7, 11) is 2.15. The predicted molar refractivity (Wildman–Crippen MR) is 134 cm³/mol. The molecule has 2 aromatic carbocycles. The Morgan fingerprint density at radius 2 is 1.64 bits per heavy atom. The highest BCUT2D eigenvalue weighted by Gasteiger charge is 2.26. The van der Waals surface area contributed by atoms with Crippen molar-refractivity contribution in [3.8, 4) is 0 Å². The smallest absolute Gasteiger partial charge is 0.313 e. The number of anilines is 2.